The highest BCUT2D eigenvalue weighted by atomic mass is 16.6. The van der Waals surface area contributed by atoms with Crippen LogP contribution >= 0.6 is 0 Å². The summed E-state index contributed by atoms with van der Waals surface area (Å²) in [6.07, 6.45) is 0. The highest BCUT2D eigenvalue weighted by molar-refractivity contribution is 5.91. The number of nitro benzene ring substituents is 1. The Labute approximate surface area is 156 Å². The van der Waals surface area contributed by atoms with E-state index in [4.69, 9.17) is 4.74 Å². The standard InChI is InChI=1S/C19H21N3O5/c1-13-3-4-15(11-14(13)2)19(24)27-12-18(23)21-10-9-20-16-5-7-17(8-6-16)22(25)26/h3-8,11,20H,9-10,12H2,1-2H3,(H,21,23). The molecule has 0 aliphatic heterocycles. The molecule has 0 radical (unpaired) electrons. The molecule has 2 aromatic rings. The summed E-state index contributed by atoms with van der Waals surface area (Å²) in [7, 11) is 0. The zero-order valence-corrected chi connectivity index (χ0v) is 15.2. The van der Waals surface area contributed by atoms with Gasteiger partial charge in [0.2, 0.25) is 0 Å². The predicted octanol–water partition coefficient (Wildman–Crippen LogP) is 2.60. The summed E-state index contributed by atoms with van der Waals surface area (Å²) in [6.45, 7) is 4.23. The number of nitro groups is 1. The second-order valence-electron chi connectivity index (χ2n) is 5.96. The van der Waals surface area contributed by atoms with E-state index in [1.807, 2.05) is 19.9 Å². The molecule has 0 saturated heterocycles. The number of nitrogens with zero attached hydrogens (tertiary/aromatic N) is 1. The number of rotatable bonds is 8. The number of carbonyl (C=O) groups is 2. The van der Waals surface area contributed by atoms with Gasteiger partial charge in [0.15, 0.2) is 6.61 Å². The van der Waals surface area contributed by atoms with Crippen molar-refractivity contribution in [3.8, 4) is 0 Å². The molecule has 0 spiro atoms. The van der Waals surface area contributed by atoms with Crippen molar-refractivity contribution in [1.82, 2.24) is 5.32 Å². The van der Waals surface area contributed by atoms with E-state index in [2.05, 4.69) is 10.6 Å². The van der Waals surface area contributed by atoms with Crippen LogP contribution in [0.1, 0.15) is 21.5 Å². The van der Waals surface area contributed by atoms with Crippen molar-refractivity contribution in [2.75, 3.05) is 25.0 Å². The Morgan fingerprint density at radius 2 is 1.74 bits per heavy atom. The van der Waals surface area contributed by atoms with Gasteiger partial charge in [0.25, 0.3) is 11.6 Å². The number of carbonyl (C=O) groups excluding carboxylic acids is 2. The van der Waals surface area contributed by atoms with Gasteiger partial charge in [0, 0.05) is 30.9 Å². The summed E-state index contributed by atoms with van der Waals surface area (Å²) in [5.74, 6) is -0.949. The third-order valence-corrected chi connectivity index (χ3v) is 3.93. The largest absolute Gasteiger partial charge is 0.452 e. The number of amides is 1. The summed E-state index contributed by atoms with van der Waals surface area (Å²) in [5.41, 5.74) is 3.18. The average Bonchev–Trinajstić information content (AvgIpc) is 2.65. The van der Waals surface area contributed by atoms with E-state index >= 15 is 0 Å². The Kier molecular flexibility index (Phi) is 6.87. The van der Waals surface area contributed by atoms with Gasteiger partial charge < -0.3 is 15.4 Å². The molecule has 0 aliphatic carbocycles. The van der Waals surface area contributed by atoms with Gasteiger partial charge in [0.1, 0.15) is 0 Å². The Morgan fingerprint density at radius 3 is 2.37 bits per heavy atom. The number of aryl methyl sites for hydroxylation is 2. The van der Waals surface area contributed by atoms with Gasteiger partial charge >= 0.3 is 5.97 Å². The van der Waals surface area contributed by atoms with Crippen molar-refractivity contribution in [3.05, 3.63) is 69.3 Å². The van der Waals surface area contributed by atoms with E-state index in [0.717, 1.165) is 11.1 Å². The normalized spacial score (nSPS) is 10.1. The van der Waals surface area contributed by atoms with Crippen LogP contribution in [-0.4, -0.2) is 36.5 Å². The number of benzene rings is 2. The lowest BCUT2D eigenvalue weighted by Crippen LogP contribution is -2.32. The van der Waals surface area contributed by atoms with Crippen LogP contribution in [0, 0.1) is 24.0 Å². The van der Waals surface area contributed by atoms with Crippen molar-refractivity contribution in [2.24, 2.45) is 0 Å². The first-order chi connectivity index (χ1) is 12.9. The van der Waals surface area contributed by atoms with Crippen LogP contribution in [0.25, 0.3) is 0 Å². The second kappa shape index (κ2) is 9.33. The zero-order chi connectivity index (χ0) is 19.8. The van der Waals surface area contributed by atoms with E-state index in [9.17, 15) is 19.7 Å². The summed E-state index contributed by atoms with van der Waals surface area (Å²) in [4.78, 5) is 33.8. The Hall–Kier alpha value is -3.42. The maximum absolute atomic E-state index is 11.9. The molecule has 0 bridgehead atoms. The molecular weight excluding hydrogens is 350 g/mol. The first-order valence-electron chi connectivity index (χ1n) is 8.36. The molecule has 0 atom stereocenters. The molecule has 0 aliphatic rings. The summed E-state index contributed by atoms with van der Waals surface area (Å²) in [6, 6.07) is 11.2. The third-order valence-electron chi connectivity index (χ3n) is 3.93. The number of hydrogen-bond acceptors (Lipinski definition) is 6. The van der Waals surface area contributed by atoms with Crippen LogP contribution in [0.15, 0.2) is 42.5 Å². The lowest BCUT2D eigenvalue weighted by molar-refractivity contribution is -0.384. The van der Waals surface area contributed by atoms with Gasteiger partial charge in [-0.05, 0) is 49.2 Å². The SMILES string of the molecule is Cc1ccc(C(=O)OCC(=O)NCCNc2ccc([N+](=O)[O-])cc2)cc1C. The fourth-order valence-corrected chi connectivity index (χ4v) is 2.24. The van der Waals surface area contributed by atoms with Gasteiger partial charge in [0.05, 0.1) is 10.5 Å². The fourth-order valence-electron chi connectivity index (χ4n) is 2.24. The summed E-state index contributed by atoms with van der Waals surface area (Å²) >= 11 is 0. The molecule has 1 amide bonds. The lowest BCUT2D eigenvalue weighted by atomic mass is 10.1. The monoisotopic (exact) mass is 371 g/mol. The van der Waals surface area contributed by atoms with Crippen LogP contribution in [-0.2, 0) is 9.53 Å². The van der Waals surface area contributed by atoms with Crippen LogP contribution in [0.3, 0.4) is 0 Å². The minimum absolute atomic E-state index is 0.0134. The highest BCUT2D eigenvalue weighted by Crippen LogP contribution is 2.15. The molecule has 27 heavy (non-hydrogen) atoms. The van der Waals surface area contributed by atoms with E-state index in [1.54, 1.807) is 24.3 Å². The minimum Gasteiger partial charge on any atom is -0.452 e. The van der Waals surface area contributed by atoms with Gasteiger partial charge in [-0.3, -0.25) is 14.9 Å². The molecule has 0 saturated carbocycles. The third kappa shape index (κ3) is 6.10. The van der Waals surface area contributed by atoms with E-state index in [0.29, 0.717) is 24.3 Å². The van der Waals surface area contributed by atoms with Crippen LogP contribution in [0.5, 0.6) is 0 Å². The molecule has 0 unspecified atom stereocenters. The smallest absolute Gasteiger partial charge is 0.338 e. The zero-order valence-electron chi connectivity index (χ0n) is 15.2. The number of nitrogens with one attached hydrogen (secondary N) is 2. The number of non-ortho nitro benzene ring substituents is 1. The number of anilines is 1. The van der Waals surface area contributed by atoms with Crippen LogP contribution in [0.2, 0.25) is 0 Å². The molecule has 2 N–H and O–H groups in total. The quantitative estimate of drug-likeness (QED) is 0.319. The maximum Gasteiger partial charge on any atom is 0.338 e. The van der Waals surface area contributed by atoms with Crippen molar-refractivity contribution in [2.45, 2.75) is 13.8 Å². The van der Waals surface area contributed by atoms with E-state index < -0.39 is 16.8 Å². The van der Waals surface area contributed by atoms with Crippen molar-refractivity contribution in [3.63, 3.8) is 0 Å². The second-order valence-corrected chi connectivity index (χ2v) is 5.96. The predicted molar refractivity (Wildman–Crippen MR) is 101 cm³/mol. The number of ether oxygens (including phenoxy) is 1. The molecule has 0 fully saturated rings. The minimum atomic E-state index is -0.544. The Morgan fingerprint density at radius 1 is 1.04 bits per heavy atom. The van der Waals surface area contributed by atoms with Gasteiger partial charge in [-0.15, -0.1) is 0 Å². The maximum atomic E-state index is 11.9. The first kappa shape index (κ1) is 19.9. The van der Waals surface area contributed by atoms with Crippen LogP contribution < -0.4 is 10.6 Å². The van der Waals surface area contributed by atoms with E-state index in [1.165, 1.54) is 12.1 Å². The molecule has 0 heterocycles. The molecule has 2 aromatic carbocycles. The topological polar surface area (TPSA) is 111 Å². The number of hydrogen-bond donors (Lipinski definition) is 2. The molecule has 2 rings (SSSR count). The van der Waals surface area contributed by atoms with Gasteiger partial charge in [-0.25, -0.2) is 4.79 Å². The molecular formula is C19H21N3O5. The first-order valence-corrected chi connectivity index (χ1v) is 8.36. The summed E-state index contributed by atoms with van der Waals surface area (Å²) in [5, 5.41) is 16.2. The lowest BCUT2D eigenvalue weighted by Gasteiger charge is -2.09. The highest BCUT2D eigenvalue weighted by Gasteiger charge is 2.10. The fraction of sp³-hybridized carbons (Fsp3) is 0.263. The van der Waals surface area contributed by atoms with Crippen LogP contribution in [0.4, 0.5) is 11.4 Å². The molecule has 8 nitrogen and oxygen atoms in total. The average molecular weight is 371 g/mol. The summed E-state index contributed by atoms with van der Waals surface area (Å²) < 4.78 is 5.00. The Bertz CT molecular complexity index is 834. The molecule has 8 heteroatoms. The van der Waals surface area contributed by atoms with Gasteiger partial charge in [-0.2, -0.15) is 0 Å². The van der Waals surface area contributed by atoms with Crippen molar-refractivity contribution < 1.29 is 19.2 Å². The Balaban J connectivity index is 1.67. The molecule has 142 valence electrons. The molecule has 0 aromatic heterocycles. The van der Waals surface area contributed by atoms with Crippen molar-refractivity contribution in [1.29, 1.82) is 0 Å². The van der Waals surface area contributed by atoms with E-state index in [-0.39, 0.29) is 12.3 Å². The van der Waals surface area contributed by atoms with Gasteiger partial charge in [-0.1, -0.05) is 6.07 Å². The number of esters is 1. The van der Waals surface area contributed by atoms with Crippen molar-refractivity contribution >= 4 is 23.3 Å².